The summed E-state index contributed by atoms with van der Waals surface area (Å²) in [6.45, 7) is 11.0. The molecule has 13 heavy (non-hydrogen) atoms. The Kier molecular flexibility index (Phi) is 12.0. The Labute approximate surface area is 82.9 Å². The third-order valence-corrected chi connectivity index (χ3v) is 1.71. The summed E-state index contributed by atoms with van der Waals surface area (Å²) in [5.41, 5.74) is 2.68. The predicted molar refractivity (Wildman–Crippen MR) is 61.4 cm³/mol. The number of terminal acetylenes is 1. The maximum absolute atomic E-state index is 4.00. The molecule has 0 aliphatic carbocycles. The van der Waals surface area contributed by atoms with Crippen molar-refractivity contribution in [3.05, 3.63) is 23.9 Å². The second-order valence-corrected chi connectivity index (χ2v) is 2.43. The summed E-state index contributed by atoms with van der Waals surface area (Å²) < 4.78 is 0. The molecule has 1 aliphatic heterocycles. The van der Waals surface area contributed by atoms with Crippen LogP contribution in [0.4, 0.5) is 0 Å². The first-order valence-electron chi connectivity index (χ1n) is 4.74. The van der Waals surface area contributed by atoms with E-state index in [1.165, 1.54) is 24.1 Å². The topological polar surface area (TPSA) is 12.0 Å². The quantitative estimate of drug-likeness (QED) is 0.610. The predicted octanol–water partition coefficient (Wildman–Crippen LogP) is 3.11. The van der Waals surface area contributed by atoms with E-state index >= 15 is 0 Å². The highest BCUT2D eigenvalue weighted by Crippen LogP contribution is 2.13. The lowest BCUT2D eigenvalue weighted by Gasteiger charge is -2.16. The van der Waals surface area contributed by atoms with Gasteiger partial charge in [0, 0.05) is 12.2 Å². The van der Waals surface area contributed by atoms with Gasteiger partial charge >= 0.3 is 0 Å². The molecule has 0 saturated carbocycles. The van der Waals surface area contributed by atoms with Crippen molar-refractivity contribution in [2.45, 2.75) is 33.6 Å². The zero-order valence-corrected chi connectivity index (χ0v) is 9.06. The third-order valence-electron chi connectivity index (χ3n) is 1.71. The van der Waals surface area contributed by atoms with Gasteiger partial charge in [0.1, 0.15) is 0 Å². The van der Waals surface area contributed by atoms with Crippen LogP contribution in [0.15, 0.2) is 23.9 Å². The molecule has 0 saturated heterocycles. The van der Waals surface area contributed by atoms with Crippen molar-refractivity contribution in [3.8, 4) is 12.8 Å². The molecule has 0 aromatic heterocycles. The normalized spacial score (nSPS) is 13.9. The van der Waals surface area contributed by atoms with Crippen LogP contribution in [0, 0.1) is 12.8 Å². The Morgan fingerprint density at radius 3 is 2.23 bits per heavy atom. The van der Waals surface area contributed by atoms with Crippen LogP contribution in [0.25, 0.3) is 0 Å². The fraction of sp³-hybridized carbons (Fsp3) is 0.500. The van der Waals surface area contributed by atoms with E-state index in [9.17, 15) is 0 Å². The van der Waals surface area contributed by atoms with E-state index < -0.39 is 0 Å². The maximum Gasteiger partial charge on any atom is 0.0323 e. The molecular weight excluding hydrogens is 158 g/mol. The minimum Gasteiger partial charge on any atom is -0.385 e. The summed E-state index contributed by atoms with van der Waals surface area (Å²) in [6, 6.07) is 0. The molecule has 0 atom stereocenters. The average Bonchev–Trinajstić information content (AvgIpc) is 2.24. The highest BCUT2D eigenvalue weighted by atomic mass is 14.9. The standard InChI is InChI=1S/C8H13N.C2H6.C2H2/c1-3-8-7(2)5-4-6-9-8;2*1-2/h3,9H,1,4-6H2,2H3;1-2H3;1-2H. The first kappa shape index (κ1) is 14.4. The van der Waals surface area contributed by atoms with Crippen LogP contribution >= 0.6 is 0 Å². The minimum atomic E-state index is 1.11. The molecule has 0 spiro atoms. The van der Waals surface area contributed by atoms with E-state index in [0.29, 0.717) is 0 Å². The van der Waals surface area contributed by atoms with Crippen molar-refractivity contribution < 1.29 is 0 Å². The molecular formula is C12H21N. The highest BCUT2D eigenvalue weighted by Gasteiger charge is 2.03. The van der Waals surface area contributed by atoms with Crippen molar-refractivity contribution in [2.75, 3.05) is 6.54 Å². The summed E-state index contributed by atoms with van der Waals surface area (Å²) >= 11 is 0. The largest absolute Gasteiger partial charge is 0.385 e. The number of hydrogen-bond acceptors (Lipinski definition) is 1. The molecule has 0 aromatic carbocycles. The number of hydrogen-bond donors (Lipinski definition) is 1. The van der Waals surface area contributed by atoms with Gasteiger partial charge in [-0.15, -0.1) is 12.8 Å². The molecule has 1 heterocycles. The van der Waals surface area contributed by atoms with Gasteiger partial charge in [0.15, 0.2) is 0 Å². The van der Waals surface area contributed by atoms with Crippen molar-refractivity contribution in [1.82, 2.24) is 5.32 Å². The van der Waals surface area contributed by atoms with E-state index in [2.05, 4.69) is 31.7 Å². The molecule has 1 heteroatoms. The monoisotopic (exact) mass is 179 g/mol. The molecule has 0 radical (unpaired) electrons. The minimum absolute atomic E-state index is 1.11. The fourth-order valence-electron chi connectivity index (χ4n) is 1.11. The number of allylic oxidation sites excluding steroid dienone is 2. The van der Waals surface area contributed by atoms with Crippen LogP contribution in [0.3, 0.4) is 0 Å². The second-order valence-electron chi connectivity index (χ2n) is 2.43. The van der Waals surface area contributed by atoms with Crippen molar-refractivity contribution in [1.29, 1.82) is 0 Å². The number of nitrogens with one attached hydrogen (secondary N) is 1. The molecule has 0 amide bonds. The van der Waals surface area contributed by atoms with Crippen molar-refractivity contribution in [2.24, 2.45) is 0 Å². The van der Waals surface area contributed by atoms with Gasteiger partial charge in [0.25, 0.3) is 0 Å². The Balaban J connectivity index is 0. The van der Waals surface area contributed by atoms with Crippen molar-refractivity contribution >= 4 is 0 Å². The molecule has 1 rings (SSSR count). The zero-order chi connectivity index (χ0) is 10.7. The molecule has 0 unspecified atom stereocenters. The van der Waals surface area contributed by atoms with Gasteiger partial charge in [-0.05, 0) is 25.8 Å². The highest BCUT2D eigenvalue weighted by molar-refractivity contribution is 5.22. The smallest absolute Gasteiger partial charge is 0.0323 e. The number of rotatable bonds is 1. The van der Waals surface area contributed by atoms with Gasteiger partial charge in [-0.1, -0.05) is 26.0 Å². The van der Waals surface area contributed by atoms with Gasteiger partial charge in [-0.2, -0.15) is 0 Å². The maximum atomic E-state index is 4.00. The van der Waals surface area contributed by atoms with Gasteiger partial charge < -0.3 is 5.32 Å². The van der Waals surface area contributed by atoms with Crippen LogP contribution < -0.4 is 5.32 Å². The summed E-state index contributed by atoms with van der Waals surface area (Å²) in [6.07, 6.45) is 12.4. The second kappa shape index (κ2) is 10.8. The van der Waals surface area contributed by atoms with Crippen LogP contribution in [-0.2, 0) is 0 Å². The Hall–Kier alpha value is -1.16. The lowest BCUT2D eigenvalue weighted by Crippen LogP contribution is -2.19. The molecule has 1 aliphatic rings. The van der Waals surface area contributed by atoms with Crippen LogP contribution in [0.5, 0.6) is 0 Å². The Bertz CT molecular complexity index is 175. The summed E-state index contributed by atoms with van der Waals surface area (Å²) in [5.74, 6) is 0. The summed E-state index contributed by atoms with van der Waals surface area (Å²) in [5, 5.41) is 3.28. The van der Waals surface area contributed by atoms with E-state index in [0.717, 1.165) is 6.54 Å². The van der Waals surface area contributed by atoms with E-state index in [1.807, 2.05) is 19.9 Å². The third kappa shape index (κ3) is 6.04. The Morgan fingerprint density at radius 2 is 1.92 bits per heavy atom. The van der Waals surface area contributed by atoms with Crippen LogP contribution in [0.1, 0.15) is 33.6 Å². The van der Waals surface area contributed by atoms with E-state index in [1.54, 1.807) is 0 Å². The molecule has 1 nitrogen and oxygen atoms in total. The van der Waals surface area contributed by atoms with Gasteiger partial charge in [-0.25, -0.2) is 0 Å². The lowest BCUT2D eigenvalue weighted by atomic mass is 10.1. The average molecular weight is 179 g/mol. The van der Waals surface area contributed by atoms with E-state index in [-0.39, 0.29) is 0 Å². The first-order valence-corrected chi connectivity index (χ1v) is 4.74. The van der Waals surface area contributed by atoms with Crippen LogP contribution in [-0.4, -0.2) is 6.54 Å². The molecule has 0 aromatic rings. The summed E-state index contributed by atoms with van der Waals surface area (Å²) in [4.78, 5) is 0. The molecule has 0 bridgehead atoms. The van der Waals surface area contributed by atoms with E-state index in [4.69, 9.17) is 0 Å². The summed E-state index contributed by atoms with van der Waals surface area (Å²) in [7, 11) is 0. The molecule has 1 N–H and O–H groups in total. The van der Waals surface area contributed by atoms with Crippen LogP contribution in [0.2, 0.25) is 0 Å². The Morgan fingerprint density at radius 1 is 1.38 bits per heavy atom. The molecule has 74 valence electrons. The fourth-order valence-corrected chi connectivity index (χ4v) is 1.11. The first-order chi connectivity index (χ1) is 6.34. The van der Waals surface area contributed by atoms with Gasteiger partial charge in [0.05, 0.1) is 0 Å². The van der Waals surface area contributed by atoms with Crippen molar-refractivity contribution in [3.63, 3.8) is 0 Å². The SMILES string of the molecule is C#C.C=CC1=C(C)CCCN1.CC. The lowest BCUT2D eigenvalue weighted by molar-refractivity contribution is 0.675. The van der Waals surface area contributed by atoms with Gasteiger partial charge in [0.2, 0.25) is 0 Å². The van der Waals surface area contributed by atoms with Gasteiger partial charge in [-0.3, -0.25) is 0 Å². The zero-order valence-electron chi connectivity index (χ0n) is 9.06. The molecule has 0 fully saturated rings.